The maximum atomic E-state index is 12.9. The summed E-state index contributed by atoms with van der Waals surface area (Å²) in [7, 11) is 0. The average Bonchev–Trinajstić information content (AvgIpc) is 3.32. The largest absolute Gasteiger partial charge is 0.339 e. The first-order valence-corrected chi connectivity index (χ1v) is 9.24. The Morgan fingerprint density at radius 3 is 2.67 bits per heavy atom. The molecule has 1 fully saturated rings. The van der Waals surface area contributed by atoms with Crippen LogP contribution < -0.4 is 0 Å². The van der Waals surface area contributed by atoms with E-state index in [9.17, 15) is 4.79 Å². The summed E-state index contributed by atoms with van der Waals surface area (Å²) >= 11 is 0. The normalized spacial score (nSPS) is 15.3. The number of tetrazole rings is 1. The number of amides is 1. The van der Waals surface area contributed by atoms with Gasteiger partial charge in [-0.3, -0.25) is 9.48 Å². The number of carbonyl (C=O) groups is 1. The van der Waals surface area contributed by atoms with Crippen molar-refractivity contribution in [3.05, 3.63) is 53.6 Å². The molecule has 0 N–H and O–H groups in total. The van der Waals surface area contributed by atoms with Gasteiger partial charge >= 0.3 is 0 Å². The predicted octanol–water partition coefficient (Wildman–Crippen LogP) is 2.03. The number of carbonyl (C=O) groups excluding carboxylic acids is 1. The molecule has 3 aromatic rings. The second kappa shape index (κ2) is 7.30. The number of aromatic nitrogens is 6. The zero-order valence-corrected chi connectivity index (χ0v) is 15.6. The highest BCUT2D eigenvalue weighted by molar-refractivity contribution is 5.94. The molecule has 1 saturated heterocycles. The van der Waals surface area contributed by atoms with Crippen molar-refractivity contribution in [3.63, 3.8) is 0 Å². The SMILES string of the molecule is Cc1cc(C)n(CC2CCN(C(=O)c3cccc(-n4cnnn4)c3)CC2)n1. The minimum Gasteiger partial charge on any atom is -0.339 e. The molecule has 1 amide bonds. The summed E-state index contributed by atoms with van der Waals surface area (Å²) in [4.78, 5) is 14.8. The zero-order chi connectivity index (χ0) is 18.8. The van der Waals surface area contributed by atoms with Gasteiger partial charge in [0.25, 0.3) is 5.91 Å². The Hall–Kier alpha value is -3.03. The first-order valence-electron chi connectivity index (χ1n) is 9.24. The molecule has 3 heterocycles. The molecule has 0 atom stereocenters. The van der Waals surface area contributed by atoms with E-state index in [0.717, 1.165) is 43.9 Å². The summed E-state index contributed by atoms with van der Waals surface area (Å²) in [6.07, 6.45) is 3.52. The van der Waals surface area contributed by atoms with Crippen molar-refractivity contribution in [2.45, 2.75) is 33.2 Å². The van der Waals surface area contributed by atoms with Crippen LogP contribution in [0.3, 0.4) is 0 Å². The van der Waals surface area contributed by atoms with Crippen LogP contribution in [0.5, 0.6) is 0 Å². The molecule has 0 radical (unpaired) electrons. The molecule has 8 nitrogen and oxygen atoms in total. The Balaban J connectivity index is 1.39. The van der Waals surface area contributed by atoms with Crippen LogP contribution in [0.1, 0.15) is 34.6 Å². The molecule has 0 spiro atoms. The lowest BCUT2D eigenvalue weighted by molar-refractivity contribution is 0.0681. The molecule has 140 valence electrons. The van der Waals surface area contributed by atoms with Gasteiger partial charge in [0.15, 0.2) is 0 Å². The van der Waals surface area contributed by atoms with Crippen LogP contribution in [0.2, 0.25) is 0 Å². The Bertz CT molecular complexity index is 923. The monoisotopic (exact) mass is 365 g/mol. The van der Waals surface area contributed by atoms with Crippen molar-refractivity contribution >= 4 is 5.91 Å². The van der Waals surface area contributed by atoms with Gasteiger partial charge in [0.1, 0.15) is 6.33 Å². The third-order valence-corrected chi connectivity index (χ3v) is 5.14. The van der Waals surface area contributed by atoms with Crippen LogP contribution in [-0.2, 0) is 6.54 Å². The van der Waals surface area contributed by atoms with E-state index in [-0.39, 0.29) is 5.91 Å². The first-order chi connectivity index (χ1) is 13.1. The number of likely N-dealkylation sites (tertiary alicyclic amines) is 1. The number of nitrogens with zero attached hydrogens (tertiary/aromatic N) is 7. The fraction of sp³-hybridized carbons (Fsp3) is 0.421. The lowest BCUT2D eigenvalue weighted by Crippen LogP contribution is -2.39. The summed E-state index contributed by atoms with van der Waals surface area (Å²) in [6.45, 7) is 6.59. The predicted molar refractivity (Wildman–Crippen MR) is 99.5 cm³/mol. The van der Waals surface area contributed by atoms with Crippen molar-refractivity contribution in [1.82, 2.24) is 34.9 Å². The second-order valence-electron chi connectivity index (χ2n) is 7.15. The summed E-state index contributed by atoms with van der Waals surface area (Å²) in [5, 5.41) is 15.7. The van der Waals surface area contributed by atoms with Crippen LogP contribution in [0, 0.1) is 19.8 Å². The van der Waals surface area contributed by atoms with Crippen LogP contribution in [0.25, 0.3) is 5.69 Å². The summed E-state index contributed by atoms with van der Waals surface area (Å²) in [6, 6.07) is 9.53. The molecule has 4 rings (SSSR count). The molecule has 1 aromatic carbocycles. The fourth-order valence-electron chi connectivity index (χ4n) is 3.67. The molecule has 8 heteroatoms. The van der Waals surface area contributed by atoms with Crippen molar-refractivity contribution in [1.29, 1.82) is 0 Å². The summed E-state index contributed by atoms with van der Waals surface area (Å²) in [5.74, 6) is 0.620. The van der Waals surface area contributed by atoms with Crippen LogP contribution in [-0.4, -0.2) is 53.9 Å². The van der Waals surface area contributed by atoms with Crippen LogP contribution >= 0.6 is 0 Å². The van der Waals surface area contributed by atoms with Gasteiger partial charge in [-0.1, -0.05) is 6.07 Å². The highest BCUT2D eigenvalue weighted by Gasteiger charge is 2.24. The van der Waals surface area contributed by atoms with Crippen LogP contribution in [0.15, 0.2) is 36.7 Å². The number of hydrogen-bond acceptors (Lipinski definition) is 5. The number of aryl methyl sites for hydroxylation is 2. The van der Waals surface area contributed by atoms with E-state index in [1.165, 1.54) is 12.0 Å². The Labute approximate surface area is 157 Å². The maximum Gasteiger partial charge on any atom is 0.253 e. The molecule has 0 saturated carbocycles. The van der Waals surface area contributed by atoms with Crippen molar-refractivity contribution in [2.24, 2.45) is 5.92 Å². The molecule has 0 unspecified atom stereocenters. The number of hydrogen-bond donors (Lipinski definition) is 0. The van der Waals surface area contributed by atoms with Gasteiger partial charge in [0, 0.05) is 30.9 Å². The quantitative estimate of drug-likeness (QED) is 0.707. The van der Waals surface area contributed by atoms with E-state index in [4.69, 9.17) is 0 Å². The molecular weight excluding hydrogens is 342 g/mol. The lowest BCUT2D eigenvalue weighted by atomic mass is 9.96. The smallest absolute Gasteiger partial charge is 0.253 e. The van der Waals surface area contributed by atoms with E-state index in [2.05, 4.69) is 38.3 Å². The van der Waals surface area contributed by atoms with E-state index in [1.807, 2.05) is 36.1 Å². The molecule has 1 aliphatic rings. The van der Waals surface area contributed by atoms with Crippen molar-refractivity contribution in [2.75, 3.05) is 13.1 Å². The zero-order valence-electron chi connectivity index (χ0n) is 15.6. The minimum atomic E-state index is 0.0643. The lowest BCUT2D eigenvalue weighted by Gasteiger charge is -2.32. The van der Waals surface area contributed by atoms with Gasteiger partial charge in [-0.15, -0.1) is 5.10 Å². The molecule has 27 heavy (non-hydrogen) atoms. The van der Waals surface area contributed by atoms with Crippen molar-refractivity contribution < 1.29 is 4.79 Å². The number of benzene rings is 1. The van der Waals surface area contributed by atoms with E-state index in [0.29, 0.717) is 11.5 Å². The van der Waals surface area contributed by atoms with E-state index < -0.39 is 0 Å². The van der Waals surface area contributed by atoms with Gasteiger partial charge in [0.2, 0.25) is 0 Å². The van der Waals surface area contributed by atoms with Crippen LogP contribution in [0.4, 0.5) is 0 Å². The minimum absolute atomic E-state index is 0.0643. The topological polar surface area (TPSA) is 81.7 Å². The summed E-state index contributed by atoms with van der Waals surface area (Å²) < 4.78 is 3.64. The maximum absolute atomic E-state index is 12.9. The standard InChI is InChI=1S/C19H23N7O/c1-14-10-15(2)25(21-14)12-16-6-8-24(9-7-16)19(27)17-4-3-5-18(11-17)26-13-20-22-23-26/h3-5,10-11,13,16H,6-9,12H2,1-2H3. The van der Waals surface area contributed by atoms with Gasteiger partial charge in [-0.2, -0.15) is 5.10 Å². The molecule has 0 aliphatic carbocycles. The van der Waals surface area contributed by atoms with Gasteiger partial charge < -0.3 is 4.90 Å². The Kier molecular flexibility index (Phi) is 4.70. The highest BCUT2D eigenvalue weighted by Crippen LogP contribution is 2.22. The van der Waals surface area contributed by atoms with Crippen molar-refractivity contribution in [3.8, 4) is 5.69 Å². The third kappa shape index (κ3) is 3.74. The van der Waals surface area contributed by atoms with E-state index in [1.54, 1.807) is 4.68 Å². The molecule has 2 aromatic heterocycles. The molecule has 1 aliphatic heterocycles. The molecular formula is C19H23N7O. The van der Waals surface area contributed by atoms with Gasteiger partial charge in [-0.05, 0) is 67.3 Å². The number of rotatable bonds is 4. The highest BCUT2D eigenvalue weighted by atomic mass is 16.2. The van der Waals surface area contributed by atoms with Gasteiger partial charge in [-0.25, -0.2) is 4.68 Å². The molecule has 0 bridgehead atoms. The van der Waals surface area contributed by atoms with E-state index >= 15 is 0 Å². The van der Waals surface area contributed by atoms with Gasteiger partial charge in [0.05, 0.1) is 11.4 Å². The first kappa shape index (κ1) is 17.4. The fourth-order valence-corrected chi connectivity index (χ4v) is 3.67. The second-order valence-corrected chi connectivity index (χ2v) is 7.15. The Morgan fingerprint density at radius 2 is 2.00 bits per heavy atom. The summed E-state index contributed by atoms with van der Waals surface area (Å²) in [5.41, 5.74) is 3.71. The Morgan fingerprint density at radius 1 is 1.19 bits per heavy atom. The third-order valence-electron chi connectivity index (χ3n) is 5.14. The average molecular weight is 365 g/mol. The number of piperidine rings is 1.